The number of hydrogen-bond acceptors (Lipinski definition) is 4. The number of amides is 2. The van der Waals surface area contributed by atoms with Crippen LogP contribution in [0.5, 0.6) is 0 Å². The summed E-state index contributed by atoms with van der Waals surface area (Å²) in [5.41, 5.74) is 2.02. The topological polar surface area (TPSA) is 55.9 Å². The summed E-state index contributed by atoms with van der Waals surface area (Å²) in [6, 6.07) is 8.02. The second-order valence-electron chi connectivity index (χ2n) is 6.69. The fraction of sp³-hybridized carbons (Fsp3) is 0.579. The molecule has 1 saturated heterocycles. The molecule has 0 radical (unpaired) electrons. The van der Waals surface area contributed by atoms with Gasteiger partial charge < -0.3 is 20.0 Å². The van der Waals surface area contributed by atoms with E-state index in [-0.39, 0.29) is 24.2 Å². The highest BCUT2D eigenvalue weighted by Crippen LogP contribution is 2.27. The van der Waals surface area contributed by atoms with E-state index < -0.39 is 0 Å². The van der Waals surface area contributed by atoms with Crippen molar-refractivity contribution in [3.8, 4) is 0 Å². The molecule has 6 nitrogen and oxygen atoms in total. The quantitative estimate of drug-likeness (QED) is 0.776. The van der Waals surface area contributed by atoms with Crippen LogP contribution in [-0.2, 0) is 9.59 Å². The number of carbonyl (C=O) groups excluding carboxylic acids is 2. The fourth-order valence-corrected chi connectivity index (χ4v) is 3.11. The first-order valence-corrected chi connectivity index (χ1v) is 9.04. The smallest absolute Gasteiger partial charge is 0.227 e. The van der Waals surface area contributed by atoms with Crippen LogP contribution in [0, 0.1) is 5.92 Å². The van der Waals surface area contributed by atoms with Crippen molar-refractivity contribution in [3.05, 3.63) is 24.3 Å². The summed E-state index contributed by atoms with van der Waals surface area (Å²) in [5.74, 6) is -0.280. The second-order valence-corrected chi connectivity index (χ2v) is 6.69. The first-order chi connectivity index (χ1) is 12.0. The van der Waals surface area contributed by atoms with Gasteiger partial charge in [0.15, 0.2) is 0 Å². The number of carbonyl (C=O) groups is 2. The molecule has 1 aromatic rings. The SMILES string of the molecule is CCN(CC)c1ccc(N2CC(C(=O)NCCN(C)C)CC2=O)cc1. The molecule has 1 fully saturated rings. The lowest BCUT2D eigenvalue weighted by Crippen LogP contribution is -2.36. The van der Waals surface area contributed by atoms with E-state index in [4.69, 9.17) is 0 Å². The predicted octanol–water partition coefficient (Wildman–Crippen LogP) is 1.56. The second kappa shape index (κ2) is 8.85. The molecule has 0 aliphatic carbocycles. The van der Waals surface area contributed by atoms with Crippen LogP contribution < -0.4 is 15.1 Å². The standard InChI is InChI=1S/C19H30N4O2/c1-5-22(6-2)16-7-9-17(10-8-16)23-14-15(13-18(23)24)19(25)20-11-12-21(3)4/h7-10,15H,5-6,11-14H2,1-4H3,(H,20,25). The van der Waals surface area contributed by atoms with E-state index in [1.165, 1.54) is 0 Å². The van der Waals surface area contributed by atoms with Gasteiger partial charge in [-0.1, -0.05) is 0 Å². The zero-order chi connectivity index (χ0) is 18.4. The minimum Gasteiger partial charge on any atom is -0.372 e. The maximum absolute atomic E-state index is 12.3. The lowest BCUT2D eigenvalue weighted by Gasteiger charge is -2.22. The molecule has 0 bridgehead atoms. The highest BCUT2D eigenvalue weighted by molar-refractivity contribution is 6.00. The van der Waals surface area contributed by atoms with Crippen LogP contribution in [0.1, 0.15) is 20.3 Å². The van der Waals surface area contributed by atoms with Crippen molar-refractivity contribution in [2.24, 2.45) is 5.92 Å². The summed E-state index contributed by atoms with van der Waals surface area (Å²) in [7, 11) is 3.93. The molecular weight excluding hydrogens is 316 g/mol. The van der Waals surface area contributed by atoms with Crippen molar-refractivity contribution in [1.82, 2.24) is 10.2 Å². The molecule has 1 aliphatic rings. The Morgan fingerprint density at radius 2 is 1.84 bits per heavy atom. The Hall–Kier alpha value is -2.08. The minimum absolute atomic E-state index is 0.0170. The maximum atomic E-state index is 12.3. The molecule has 1 aliphatic heterocycles. The normalized spacial score (nSPS) is 17.2. The molecule has 1 N–H and O–H groups in total. The molecular formula is C19H30N4O2. The third-order valence-electron chi connectivity index (χ3n) is 4.64. The summed E-state index contributed by atoms with van der Waals surface area (Å²) in [6.45, 7) is 8.01. The van der Waals surface area contributed by atoms with Gasteiger partial charge in [-0.05, 0) is 52.2 Å². The average Bonchev–Trinajstić information content (AvgIpc) is 2.98. The first kappa shape index (κ1) is 19.2. The van der Waals surface area contributed by atoms with E-state index in [1.807, 2.05) is 43.3 Å². The zero-order valence-electron chi connectivity index (χ0n) is 15.8. The van der Waals surface area contributed by atoms with Gasteiger partial charge in [-0.2, -0.15) is 0 Å². The fourth-order valence-electron chi connectivity index (χ4n) is 3.11. The molecule has 25 heavy (non-hydrogen) atoms. The van der Waals surface area contributed by atoms with E-state index >= 15 is 0 Å². The lowest BCUT2D eigenvalue weighted by molar-refractivity contribution is -0.126. The molecule has 138 valence electrons. The summed E-state index contributed by atoms with van der Waals surface area (Å²) in [5, 5.41) is 2.92. The van der Waals surface area contributed by atoms with Crippen LogP contribution in [0.4, 0.5) is 11.4 Å². The number of likely N-dealkylation sites (N-methyl/N-ethyl adjacent to an activating group) is 1. The van der Waals surface area contributed by atoms with Crippen molar-refractivity contribution in [2.45, 2.75) is 20.3 Å². The van der Waals surface area contributed by atoms with Gasteiger partial charge in [-0.25, -0.2) is 0 Å². The Kier molecular flexibility index (Phi) is 6.82. The van der Waals surface area contributed by atoms with Crippen LogP contribution in [-0.4, -0.2) is 63.5 Å². The van der Waals surface area contributed by atoms with Gasteiger partial charge in [0.25, 0.3) is 0 Å². The van der Waals surface area contributed by atoms with Gasteiger partial charge >= 0.3 is 0 Å². The van der Waals surface area contributed by atoms with Gasteiger partial charge in [0.05, 0.1) is 5.92 Å². The highest BCUT2D eigenvalue weighted by atomic mass is 16.2. The molecule has 2 rings (SSSR count). The third kappa shape index (κ3) is 4.95. The van der Waals surface area contributed by atoms with Crippen LogP contribution in [0.3, 0.4) is 0 Å². The predicted molar refractivity (Wildman–Crippen MR) is 102 cm³/mol. The van der Waals surface area contributed by atoms with Gasteiger partial charge in [0.2, 0.25) is 11.8 Å². The summed E-state index contributed by atoms with van der Waals surface area (Å²) in [4.78, 5) is 30.6. The third-order valence-corrected chi connectivity index (χ3v) is 4.64. The van der Waals surface area contributed by atoms with Crippen molar-refractivity contribution < 1.29 is 9.59 Å². The van der Waals surface area contributed by atoms with Gasteiger partial charge in [-0.15, -0.1) is 0 Å². The van der Waals surface area contributed by atoms with E-state index in [2.05, 4.69) is 24.1 Å². The van der Waals surface area contributed by atoms with Crippen LogP contribution in [0.15, 0.2) is 24.3 Å². The molecule has 1 atom stereocenters. The Morgan fingerprint density at radius 3 is 2.40 bits per heavy atom. The highest BCUT2D eigenvalue weighted by Gasteiger charge is 2.34. The van der Waals surface area contributed by atoms with Crippen molar-refractivity contribution in [3.63, 3.8) is 0 Å². The van der Waals surface area contributed by atoms with Crippen LogP contribution in [0.25, 0.3) is 0 Å². The Bertz CT molecular complexity index is 582. The van der Waals surface area contributed by atoms with Gasteiger partial charge in [0, 0.05) is 50.5 Å². The largest absolute Gasteiger partial charge is 0.372 e. The molecule has 0 aromatic heterocycles. The first-order valence-electron chi connectivity index (χ1n) is 9.04. The molecule has 2 amide bonds. The molecule has 1 unspecified atom stereocenters. The number of nitrogens with zero attached hydrogens (tertiary/aromatic N) is 3. The van der Waals surface area contributed by atoms with Crippen LogP contribution in [0.2, 0.25) is 0 Å². The molecule has 1 aromatic carbocycles. The minimum atomic E-state index is -0.267. The molecule has 1 heterocycles. The monoisotopic (exact) mass is 346 g/mol. The number of hydrogen-bond donors (Lipinski definition) is 1. The van der Waals surface area contributed by atoms with Crippen molar-refractivity contribution in [1.29, 1.82) is 0 Å². The van der Waals surface area contributed by atoms with E-state index in [1.54, 1.807) is 4.90 Å². The number of benzene rings is 1. The van der Waals surface area contributed by atoms with Gasteiger partial charge in [0.1, 0.15) is 0 Å². The van der Waals surface area contributed by atoms with E-state index in [0.29, 0.717) is 13.1 Å². The summed E-state index contributed by atoms with van der Waals surface area (Å²) >= 11 is 0. The van der Waals surface area contributed by atoms with Gasteiger partial charge in [-0.3, -0.25) is 9.59 Å². The Balaban J connectivity index is 1.97. The number of anilines is 2. The van der Waals surface area contributed by atoms with E-state index in [0.717, 1.165) is 31.0 Å². The van der Waals surface area contributed by atoms with Crippen molar-refractivity contribution >= 4 is 23.2 Å². The molecule has 0 saturated carbocycles. The summed E-state index contributed by atoms with van der Waals surface area (Å²) in [6.07, 6.45) is 0.283. The average molecular weight is 346 g/mol. The summed E-state index contributed by atoms with van der Waals surface area (Å²) < 4.78 is 0. The number of rotatable bonds is 8. The molecule has 0 spiro atoms. The van der Waals surface area contributed by atoms with Crippen molar-refractivity contribution in [2.75, 3.05) is 56.6 Å². The zero-order valence-corrected chi connectivity index (χ0v) is 15.8. The van der Waals surface area contributed by atoms with E-state index in [9.17, 15) is 9.59 Å². The Labute approximate surface area is 150 Å². The Morgan fingerprint density at radius 1 is 1.20 bits per heavy atom. The maximum Gasteiger partial charge on any atom is 0.227 e. The molecule has 6 heteroatoms. The number of nitrogens with one attached hydrogen (secondary N) is 1. The lowest BCUT2D eigenvalue weighted by atomic mass is 10.1. The van der Waals surface area contributed by atoms with Crippen LogP contribution >= 0.6 is 0 Å².